The topological polar surface area (TPSA) is 57.6 Å². The molecule has 1 aromatic heterocycles. The van der Waals surface area contributed by atoms with E-state index < -0.39 is 41.8 Å². The zero-order chi connectivity index (χ0) is 21.4. The van der Waals surface area contributed by atoms with E-state index >= 15 is 0 Å². The van der Waals surface area contributed by atoms with Crippen molar-refractivity contribution < 1.29 is 35.5 Å². The van der Waals surface area contributed by atoms with E-state index in [1.165, 1.54) is 18.6 Å². The van der Waals surface area contributed by atoms with Crippen molar-refractivity contribution >= 4 is 17.9 Å². The van der Waals surface area contributed by atoms with Gasteiger partial charge in [-0.3, -0.25) is 4.98 Å². The van der Waals surface area contributed by atoms with Gasteiger partial charge in [0.15, 0.2) is 0 Å². The standard InChI is InChI=1S/C17H11F7N4O/c18-15(16(19,20)21,17(22,23)24)12-5-1-4-11-9-28(14(29)27-13(11)12)26-8-10-3-2-6-25-7-10/h1-8H,9H2,(H,27,29). The van der Waals surface area contributed by atoms with Gasteiger partial charge in [0.05, 0.1) is 18.4 Å². The molecule has 12 heteroatoms. The van der Waals surface area contributed by atoms with Crippen LogP contribution in [-0.4, -0.2) is 34.6 Å². The lowest BCUT2D eigenvalue weighted by molar-refractivity contribution is -0.348. The predicted octanol–water partition coefficient (Wildman–Crippen LogP) is 4.75. The first-order valence-corrected chi connectivity index (χ1v) is 7.92. The summed E-state index contributed by atoms with van der Waals surface area (Å²) in [5, 5.41) is 6.50. The summed E-state index contributed by atoms with van der Waals surface area (Å²) < 4.78 is 93.0. The molecule has 2 aromatic rings. The van der Waals surface area contributed by atoms with Crippen LogP contribution in [0.5, 0.6) is 0 Å². The largest absolute Gasteiger partial charge is 0.436 e. The molecule has 1 aromatic carbocycles. The Hall–Kier alpha value is -3.18. The minimum Gasteiger partial charge on any atom is -0.306 e. The predicted molar refractivity (Wildman–Crippen MR) is 87.7 cm³/mol. The Morgan fingerprint density at radius 3 is 2.31 bits per heavy atom. The second-order valence-electron chi connectivity index (χ2n) is 6.01. The van der Waals surface area contributed by atoms with Crippen molar-refractivity contribution in [2.45, 2.75) is 24.6 Å². The highest BCUT2D eigenvalue weighted by molar-refractivity contribution is 5.94. The van der Waals surface area contributed by atoms with Crippen LogP contribution in [0.1, 0.15) is 16.7 Å². The lowest BCUT2D eigenvalue weighted by Gasteiger charge is -2.34. The molecule has 3 rings (SSSR count). The molecule has 0 aliphatic carbocycles. The molecule has 1 aliphatic heterocycles. The molecule has 0 saturated carbocycles. The van der Waals surface area contributed by atoms with Crippen LogP contribution in [0.15, 0.2) is 47.8 Å². The number of hydrazone groups is 1. The number of fused-ring (bicyclic) bond motifs is 1. The van der Waals surface area contributed by atoms with Gasteiger partial charge in [-0.1, -0.05) is 24.3 Å². The van der Waals surface area contributed by atoms with E-state index in [1.54, 1.807) is 12.1 Å². The lowest BCUT2D eigenvalue weighted by Crippen LogP contribution is -2.51. The molecule has 1 aliphatic rings. The zero-order valence-corrected chi connectivity index (χ0v) is 14.2. The number of hydrogen-bond acceptors (Lipinski definition) is 3. The fourth-order valence-corrected chi connectivity index (χ4v) is 2.72. The summed E-state index contributed by atoms with van der Waals surface area (Å²) in [6, 6.07) is 4.44. The van der Waals surface area contributed by atoms with Crippen LogP contribution in [-0.2, 0) is 12.2 Å². The van der Waals surface area contributed by atoms with Gasteiger partial charge in [0, 0.05) is 23.5 Å². The molecule has 1 N–H and O–H groups in total. The molecular formula is C17H11F7N4O. The number of urea groups is 1. The molecule has 2 amide bonds. The third-order valence-electron chi connectivity index (χ3n) is 4.12. The quantitative estimate of drug-likeness (QED) is 0.576. The number of anilines is 1. The van der Waals surface area contributed by atoms with Crippen molar-refractivity contribution in [2.75, 3.05) is 5.32 Å². The number of hydrogen-bond donors (Lipinski definition) is 1. The van der Waals surface area contributed by atoms with Gasteiger partial charge >= 0.3 is 24.1 Å². The van der Waals surface area contributed by atoms with Gasteiger partial charge in [0.25, 0.3) is 0 Å². The fraction of sp³-hybridized carbons (Fsp3) is 0.235. The number of rotatable bonds is 3. The van der Waals surface area contributed by atoms with Gasteiger partial charge < -0.3 is 5.32 Å². The number of halogens is 7. The van der Waals surface area contributed by atoms with E-state index in [0.29, 0.717) is 11.6 Å². The number of carbonyl (C=O) groups is 1. The highest BCUT2D eigenvalue weighted by atomic mass is 19.4. The van der Waals surface area contributed by atoms with Crippen molar-refractivity contribution in [3.63, 3.8) is 0 Å². The van der Waals surface area contributed by atoms with Gasteiger partial charge in [0.2, 0.25) is 0 Å². The Morgan fingerprint density at radius 2 is 1.72 bits per heavy atom. The second-order valence-corrected chi connectivity index (χ2v) is 6.01. The summed E-state index contributed by atoms with van der Waals surface area (Å²) in [7, 11) is 0. The Morgan fingerprint density at radius 1 is 1.03 bits per heavy atom. The number of benzene rings is 1. The number of para-hydroxylation sites is 1. The van der Waals surface area contributed by atoms with E-state index in [0.717, 1.165) is 17.1 Å². The minimum atomic E-state index is -6.29. The molecule has 5 nitrogen and oxygen atoms in total. The van der Waals surface area contributed by atoms with E-state index in [-0.39, 0.29) is 5.56 Å². The average Bonchev–Trinajstić information content (AvgIpc) is 2.64. The van der Waals surface area contributed by atoms with Crippen LogP contribution in [0.2, 0.25) is 0 Å². The smallest absolute Gasteiger partial charge is 0.306 e. The maximum atomic E-state index is 14.5. The van der Waals surface area contributed by atoms with Crippen LogP contribution in [0.25, 0.3) is 0 Å². The maximum Gasteiger partial charge on any atom is 0.436 e. The number of carbonyl (C=O) groups excluding carboxylic acids is 1. The molecule has 0 radical (unpaired) electrons. The summed E-state index contributed by atoms with van der Waals surface area (Å²) in [6.45, 7) is -0.461. The van der Waals surface area contributed by atoms with Crippen molar-refractivity contribution in [3.8, 4) is 0 Å². The van der Waals surface area contributed by atoms with E-state index in [9.17, 15) is 35.5 Å². The number of pyridine rings is 1. The van der Waals surface area contributed by atoms with Gasteiger partial charge in [-0.2, -0.15) is 31.4 Å². The molecule has 0 unspecified atom stereocenters. The van der Waals surface area contributed by atoms with E-state index in [4.69, 9.17) is 0 Å². The molecule has 154 valence electrons. The third-order valence-corrected chi connectivity index (χ3v) is 4.12. The summed E-state index contributed by atoms with van der Waals surface area (Å²) in [5.41, 5.74) is -7.95. The lowest BCUT2D eigenvalue weighted by atomic mass is 9.90. The number of amides is 2. The van der Waals surface area contributed by atoms with Crippen molar-refractivity contribution in [1.82, 2.24) is 9.99 Å². The molecule has 0 bridgehead atoms. The first-order valence-electron chi connectivity index (χ1n) is 7.92. The third kappa shape index (κ3) is 3.61. The zero-order valence-electron chi connectivity index (χ0n) is 14.2. The average molecular weight is 420 g/mol. The molecule has 29 heavy (non-hydrogen) atoms. The van der Waals surface area contributed by atoms with Crippen LogP contribution >= 0.6 is 0 Å². The number of nitrogens with zero attached hydrogens (tertiary/aromatic N) is 3. The van der Waals surface area contributed by atoms with Gasteiger partial charge in [0.1, 0.15) is 0 Å². The van der Waals surface area contributed by atoms with Gasteiger partial charge in [-0.15, -0.1) is 0 Å². The maximum absolute atomic E-state index is 14.5. The van der Waals surface area contributed by atoms with Crippen molar-refractivity contribution in [3.05, 3.63) is 59.4 Å². The number of nitrogens with one attached hydrogen (secondary N) is 1. The monoisotopic (exact) mass is 420 g/mol. The summed E-state index contributed by atoms with van der Waals surface area (Å²) in [5.74, 6) is 0. The Bertz CT molecular complexity index is 927. The second kappa shape index (κ2) is 7.01. The minimum absolute atomic E-state index is 0.166. The van der Waals surface area contributed by atoms with Crippen LogP contribution in [0.4, 0.5) is 41.2 Å². The first kappa shape index (κ1) is 20.6. The molecule has 2 heterocycles. The van der Waals surface area contributed by atoms with Crippen LogP contribution in [0, 0.1) is 0 Å². The molecule has 0 spiro atoms. The molecule has 0 atom stereocenters. The highest BCUT2D eigenvalue weighted by Crippen LogP contribution is 2.55. The number of aromatic nitrogens is 1. The molecule has 0 fully saturated rings. The summed E-state index contributed by atoms with van der Waals surface area (Å²) >= 11 is 0. The van der Waals surface area contributed by atoms with Gasteiger partial charge in [-0.05, 0) is 11.6 Å². The number of alkyl halides is 7. The van der Waals surface area contributed by atoms with Crippen molar-refractivity contribution in [1.29, 1.82) is 0 Å². The fourth-order valence-electron chi connectivity index (χ4n) is 2.72. The Kier molecular flexibility index (Phi) is 4.97. The summed E-state index contributed by atoms with van der Waals surface area (Å²) in [6.07, 6.45) is -8.44. The van der Waals surface area contributed by atoms with Crippen molar-refractivity contribution in [2.24, 2.45) is 5.10 Å². The Labute approximate surface area is 158 Å². The van der Waals surface area contributed by atoms with Crippen LogP contribution in [0.3, 0.4) is 0 Å². The highest BCUT2D eigenvalue weighted by Gasteiger charge is 2.74. The summed E-state index contributed by atoms with van der Waals surface area (Å²) in [4.78, 5) is 16.0. The normalized spacial score (nSPS) is 15.4. The van der Waals surface area contributed by atoms with Gasteiger partial charge in [-0.25, -0.2) is 14.2 Å². The first-order chi connectivity index (χ1) is 13.4. The van der Waals surface area contributed by atoms with E-state index in [1.807, 2.05) is 5.32 Å². The van der Waals surface area contributed by atoms with Crippen LogP contribution < -0.4 is 5.32 Å². The van der Waals surface area contributed by atoms with E-state index in [2.05, 4.69) is 10.1 Å². The Balaban J connectivity index is 2.01. The molecular weight excluding hydrogens is 409 g/mol. The SMILES string of the molecule is O=C1Nc2c(cccc2C(F)(C(F)(F)F)C(F)(F)F)CN1N=Cc1cccnc1. The molecule has 0 saturated heterocycles.